The fraction of sp³-hybridized carbons (Fsp3) is 0.238. The van der Waals surface area contributed by atoms with E-state index in [0.717, 1.165) is 23.5 Å². The normalized spacial score (nSPS) is 11.7. The lowest BCUT2D eigenvalue weighted by molar-refractivity contribution is -0.138. The van der Waals surface area contributed by atoms with E-state index in [0.29, 0.717) is 25.1 Å². The highest BCUT2D eigenvalue weighted by molar-refractivity contribution is 14.0. The smallest absolute Gasteiger partial charge is 0.352 e. The highest BCUT2D eigenvalue weighted by Gasteiger charge is 2.33. The highest BCUT2D eigenvalue weighted by atomic mass is 127. The number of guanidine groups is 1. The Hall–Kier alpha value is -2.63. The van der Waals surface area contributed by atoms with Gasteiger partial charge in [-0.05, 0) is 23.3 Å². The molecule has 0 atom stereocenters. The molecule has 5 nitrogen and oxygen atoms in total. The van der Waals surface area contributed by atoms with E-state index in [1.807, 2.05) is 41.1 Å². The largest absolute Gasteiger partial charge is 0.416 e. The van der Waals surface area contributed by atoms with Gasteiger partial charge in [0.2, 0.25) is 0 Å². The summed E-state index contributed by atoms with van der Waals surface area (Å²) in [5.41, 5.74) is 0.0385. The minimum absolute atomic E-state index is 0. The highest BCUT2D eigenvalue weighted by Crippen LogP contribution is 2.32. The molecule has 2 N–H and O–H groups in total. The van der Waals surface area contributed by atoms with Crippen LogP contribution in [0.25, 0.3) is 0 Å². The summed E-state index contributed by atoms with van der Waals surface area (Å²) >= 11 is 0. The molecule has 0 spiro atoms. The van der Waals surface area contributed by atoms with E-state index in [-0.39, 0.29) is 36.1 Å². The van der Waals surface area contributed by atoms with Gasteiger partial charge in [0.05, 0.1) is 12.1 Å². The fourth-order valence-electron chi connectivity index (χ4n) is 2.96. The van der Waals surface area contributed by atoms with Crippen molar-refractivity contribution in [3.63, 3.8) is 0 Å². The predicted molar refractivity (Wildman–Crippen MR) is 122 cm³/mol. The van der Waals surface area contributed by atoms with E-state index >= 15 is 0 Å². The fourth-order valence-corrected chi connectivity index (χ4v) is 2.96. The third-order valence-electron chi connectivity index (χ3n) is 4.46. The third kappa shape index (κ3) is 6.94. The molecule has 0 saturated heterocycles. The van der Waals surface area contributed by atoms with Gasteiger partial charge in [0.25, 0.3) is 0 Å². The molecule has 3 rings (SSSR count). The van der Waals surface area contributed by atoms with Crippen molar-refractivity contribution in [1.82, 2.24) is 20.2 Å². The van der Waals surface area contributed by atoms with Crippen molar-refractivity contribution in [1.29, 1.82) is 0 Å². The van der Waals surface area contributed by atoms with Crippen molar-refractivity contribution in [2.45, 2.75) is 25.8 Å². The second-order valence-electron chi connectivity index (χ2n) is 6.54. The summed E-state index contributed by atoms with van der Waals surface area (Å²) in [4.78, 5) is 8.35. The maximum atomic E-state index is 13.2. The molecule has 0 amide bonds. The first-order valence-electron chi connectivity index (χ1n) is 9.21. The van der Waals surface area contributed by atoms with Crippen LogP contribution in [-0.2, 0) is 25.8 Å². The molecule has 3 aromatic rings. The van der Waals surface area contributed by atoms with Gasteiger partial charge in [0.1, 0.15) is 11.6 Å². The van der Waals surface area contributed by atoms with Crippen LogP contribution in [-0.4, -0.2) is 22.6 Å². The van der Waals surface area contributed by atoms with Crippen LogP contribution in [0, 0.1) is 5.82 Å². The molecule has 0 fully saturated rings. The zero-order chi connectivity index (χ0) is 21.6. The van der Waals surface area contributed by atoms with Gasteiger partial charge in [-0.25, -0.2) is 9.37 Å². The number of hydrogen-bond acceptors (Lipinski definition) is 2. The van der Waals surface area contributed by atoms with Crippen LogP contribution in [0.2, 0.25) is 0 Å². The van der Waals surface area contributed by atoms with E-state index in [4.69, 9.17) is 0 Å². The van der Waals surface area contributed by atoms with Gasteiger partial charge < -0.3 is 15.2 Å². The van der Waals surface area contributed by atoms with E-state index < -0.39 is 17.6 Å². The Bertz CT molecular complexity index is 1000. The molecule has 166 valence electrons. The average Bonchev–Trinajstić information content (AvgIpc) is 3.16. The van der Waals surface area contributed by atoms with E-state index in [1.165, 1.54) is 7.05 Å². The quantitative estimate of drug-likeness (QED) is 0.206. The van der Waals surface area contributed by atoms with Gasteiger partial charge in [0, 0.05) is 32.5 Å². The first-order chi connectivity index (χ1) is 14.4. The van der Waals surface area contributed by atoms with E-state index in [1.54, 1.807) is 6.20 Å². The van der Waals surface area contributed by atoms with Gasteiger partial charge in [-0.2, -0.15) is 13.2 Å². The van der Waals surface area contributed by atoms with Gasteiger partial charge in [0.15, 0.2) is 5.96 Å². The predicted octanol–water partition coefficient (Wildman–Crippen LogP) is 4.57. The van der Waals surface area contributed by atoms with Crippen LogP contribution in [0.4, 0.5) is 17.6 Å². The van der Waals surface area contributed by atoms with Crippen molar-refractivity contribution >= 4 is 29.9 Å². The molecule has 0 saturated carbocycles. The van der Waals surface area contributed by atoms with E-state index in [9.17, 15) is 17.6 Å². The maximum Gasteiger partial charge on any atom is 0.416 e. The molecule has 1 aromatic heterocycles. The van der Waals surface area contributed by atoms with Crippen LogP contribution < -0.4 is 10.6 Å². The van der Waals surface area contributed by atoms with Crippen molar-refractivity contribution in [2.24, 2.45) is 4.99 Å². The summed E-state index contributed by atoms with van der Waals surface area (Å²) in [5, 5.41) is 5.87. The third-order valence-corrected chi connectivity index (χ3v) is 4.46. The zero-order valence-corrected chi connectivity index (χ0v) is 19.0. The topological polar surface area (TPSA) is 54.2 Å². The van der Waals surface area contributed by atoms with Gasteiger partial charge in [-0.1, -0.05) is 36.4 Å². The Morgan fingerprint density at radius 3 is 2.45 bits per heavy atom. The molecule has 2 aromatic carbocycles. The summed E-state index contributed by atoms with van der Waals surface area (Å²) in [6, 6.07) is 12.5. The van der Waals surface area contributed by atoms with Crippen molar-refractivity contribution in [3.8, 4) is 0 Å². The number of hydrogen-bond donors (Lipinski definition) is 2. The minimum atomic E-state index is -4.64. The first kappa shape index (κ1) is 24.6. The van der Waals surface area contributed by atoms with Gasteiger partial charge in [-0.15, -0.1) is 24.0 Å². The van der Waals surface area contributed by atoms with E-state index in [2.05, 4.69) is 20.6 Å². The number of benzene rings is 2. The Kier molecular flexibility index (Phi) is 8.84. The van der Waals surface area contributed by atoms with Gasteiger partial charge >= 0.3 is 6.18 Å². The summed E-state index contributed by atoms with van der Waals surface area (Å²) in [5.74, 6) is 0.125. The molecule has 0 unspecified atom stereocenters. The second kappa shape index (κ2) is 11.1. The molecular weight excluding hydrogens is 525 g/mol. The van der Waals surface area contributed by atoms with Crippen LogP contribution in [0.3, 0.4) is 0 Å². The molecule has 0 aliphatic rings. The molecule has 0 aliphatic heterocycles. The Morgan fingerprint density at radius 2 is 1.77 bits per heavy atom. The number of rotatable bonds is 6. The van der Waals surface area contributed by atoms with Crippen molar-refractivity contribution in [3.05, 3.63) is 89.3 Å². The van der Waals surface area contributed by atoms with Crippen LogP contribution in [0.15, 0.2) is 65.9 Å². The number of imidazole rings is 1. The Labute approximate surface area is 194 Å². The lowest BCUT2D eigenvalue weighted by Crippen LogP contribution is -2.37. The average molecular weight is 547 g/mol. The number of alkyl halides is 3. The molecule has 1 heterocycles. The lowest BCUT2D eigenvalue weighted by atomic mass is 10.1. The standard InChI is InChI=1S/C21H21F4N5.HI/c1-26-20(28-12-16-7-8-17(22)11-18(16)21(23,24)25)29-13-19-27-9-10-30(19)14-15-5-3-2-4-6-15;/h2-11H,12-14H2,1H3,(H2,26,28,29);1H. The molecule has 0 bridgehead atoms. The molecule has 31 heavy (non-hydrogen) atoms. The Morgan fingerprint density at radius 1 is 1.06 bits per heavy atom. The van der Waals surface area contributed by atoms with Crippen LogP contribution >= 0.6 is 24.0 Å². The monoisotopic (exact) mass is 547 g/mol. The van der Waals surface area contributed by atoms with Crippen LogP contribution in [0.5, 0.6) is 0 Å². The lowest BCUT2D eigenvalue weighted by Gasteiger charge is -2.16. The number of aliphatic imine (C=N–C) groups is 1. The number of nitrogens with zero attached hydrogens (tertiary/aromatic N) is 3. The SMILES string of the molecule is CN=C(NCc1ccc(F)cc1C(F)(F)F)NCc1nccn1Cc1ccccc1.I. The molecule has 0 radical (unpaired) electrons. The molecular formula is C21H22F4IN5. The molecule has 0 aliphatic carbocycles. The summed E-state index contributed by atoms with van der Waals surface area (Å²) < 4.78 is 54.6. The zero-order valence-electron chi connectivity index (χ0n) is 16.7. The van der Waals surface area contributed by atoms with Crippen LogP contribution in [0.1, 0.15) is 22.5 Å². The summed E-state index contributed by atoms with van der Waals surface area (Å²) in [6.07, 6.45) is -1.10. The maximum absolute atomic E-state index is 13.2. The second-order valence-corrected chi connectivity index (χ2v) is 6.54. The summed E-state index contributed by atoms with van der Waals surface area (Å²) in [7, 11) is 1.51. The Balaban J connectivity index is 0.00000341. The number of nitrogens with one attached hydrogen (secondary N) is 2. The number of halogens is 5. The van der Waals surface area contributed by atoms with Crippen molar-refractivity contribution in [2.75, 3.05) is 7.05 Å². The number of aromatic nitrogens is 2. The molecule has 10 heteroatoms. The minimum Gasteiger partial charge on any atom is -0.352 e. The van der Waals surface area contributed by atoms with Gasteiger partial charge in [-0.3, -0.25) is 4.99 Å². The first-order valence-corrected chi connectivity index (χ1v) is 9.21. The summed E-state index contributed by atoms with van der Waals surface area (Å²) in [6.45, 7) is 0.816. The van der Waals surface area contributed by atoms with Crippen molar-refractivity contribution < 1.29 is 17.6 Å².